The van der Waals surface area contributed by atoms with Crippen LogP contribution >= 0.6 is 22.6 Å². The average Bonchev–Trinajstić information content (AvgIpc) is 2.18. The van der Waals surface area contributed by atoms with Crippen molar-refractivity contribution in [3.8, 4) is 6.07 Å². The number of halogens is 1. The third kappa shape index (κ3) is 1.63. The number of anilines is 1. The summed E-state index contributed by atoms with van der Waals surface area (Å²) in [5.74, 6) is 0. The lowest BCUT2D eigenvalue weighted by molar-refractivity contribution is 0.828. The first-order valence-electron chi connectivity index (χ1n) is 4.27. The zero-order valence-electron chi connectivity index (χ0n) is 7.10. The molecule has 0 spiro atoms. The van der Waals surface area contributed by atoms with Crippen LogP contribution in [0.1, 0.15) is 17.5 Å². The fourth-order valence-electron chi connectivity index (χ4n) is 1.62. The third-order valence-electron chi connectivity index (χ3n) is 2.23. The van der Waals surface area contributed by atoms with Gasteiger partial charge in [-0.15, -0.1) is 0 Å². The number of hydrogen-bond acceptors (Lipinski definition) is 2. The molecule has 0 radical (unpaired) electrons. The number of rotatable bonds is 0. The van der Waals surface area contributed by atoms with Crippen LogP contribution in [0.2, 0.25) is 0 Å². The van der Waals surface area contributed by atoms with Gasteiger partial charge in [-0.1, -0.05) is 0 Å². The van der Waals surface area contributed by atoms with Gasteiger partial charge in [-0.25, -0.2) is 0 Å². The molecule has 3 heteroatoms. The molecule has 0 atom stereocenters. The highest BCUT2D eigenvalue weighted by molar-refractivity contribution is 14.1. The maximum atomic E-state index is 8.79. The van der Waals surface area contributed by atoms with E-state index in [9.17, 15) is 0 Å². The second-order valence-electron chi connectivity index (χ2n) is 3.13. The Hall–Kier alpha value is -0.760. The van der Waals surface area contributed by atoms with Gasteiger partial charge >= 0.3 is 0 Å². The highest BCUT2D eigenvalue weighted by Gasteiger charge is 2.12. The number of aryl methyl sites for hydroxylation is 1. The molecule has 0 saturated carbocycles. The number of nitriles is 1. The molecule has 1 aliphatic rings. The molecule has 0 saturated heterocycles. The molecule has 1 heterocycles. The zero-order valence-corrected chi connectivity index (χ0v) is 9.26. The van der Waals surface area contributed by atoms with Crippen molar-refractivity contribution in [3.05, 3.63) is 26.8 Å². The van der Waals surface area contributed by atoms with Crippen LogP contribution in [0, 0.1) is 14.9 Å². The van der Waals surface area contributed by atoms with Gasteiger partial charge in [-0.2, -0.15) is 5.26 Å². The normalized spacial score (nSPS) is 14.2. The fraction of sp³-hybridized carbons (Fsp3) is 0.300. The second-order valence-corrected chi connectivity index (χ2v) is 4.30. The fourth-order valence-corrected chi connectivity index (χ4v) is 2.49. The minimum Gasteiger partial charge on any atom is -0.384 e. The minimum atomic E-state index is 0.770. The number of benzene rings is 1. The standard InChI is InChI=1S/C10H9IN2/c11-9-5-7(6-12)4-8-2-1-3-13-10(8)9/h4-5,13H,1-3H2. The summed E-state index contributed by atoms with van der Waals surface area (Å²) in [6, 6.07) is 6.10. The summed E-state index contributed by atoms with van der Waals surface area (Å²) < 4.78 is 1.16. The Balaban J connectivity index is 2.54. The monoisotopic (exact) mass is 284 g/mol. The molecule has 66 valence electrons. The van der Waals surface area contributed by atoms with Crippen molar-refractivity contribution < 1.29 is 0 Å². The first-order chi connectivity index (χ1) is 6.31. The molecule has 0 amide bonds. The SMILES string of the molecule is N#Cc1cc(I)c2c(c1)CCCN2. The summed E-state index contributed by atoms with van der Waals surface area (Å²) in [5.41, 5.74) is 3.28. The van der Waals surface area contributed by atoms with Crippen molar-refractivity contribution >= 4 is 28.3 Å². The number of hydrogen-bond donors (Lipinski definition) is 1. The van der Waals surface area contributed by atoms with Crippen LogP contribution in [0.3, 0.4) is 0 Å². The lowest BCUT2D eigenvalue weighted by Gasteiger charge is -2.19. The average molecular weight is 284 g/mol. The first-order valence-corrected chi connectivity index (χ1v) is 5.35. The predicted octanol–water partition coefficient (Wildman–Crippen LogP) is 2.52. The molecule has 13 heavy (non-hydrogen) atoms. The van der Waals surface area contributed by atoms with Crippen LogP contribution < -0.4 is 5.32 Å². The highest BCUT2D eigenvalue weighted by atomic mass is 127. The van der Waals surface area contributed by atoms with E-state index in [1.807, 2.05) is 12.1 Å². The molecule has 1 aromatic rings. The van der Waals surface area contributed by atoms with Crippen molar-refractivity contribution in [1.82, 2.24) is 0 Å². The summed E-state index contributed by atoms with van der Waals surface area (Å²) in [4.78, 5) is 0. The molecule has 2 rings (SSSR count). The van der Waals surface area contributed by atoms with Crippen LogP contribution in [0.4, 0.5) is 5.69 Å². The van der Waals surface area contributed by atoms with Gasteiger partial charge in [0.25, 0.3) is 0 Å². The minimum absolute atomic E-state index is 0.770. The van der Waals surface area contributed by atoms with Gasteiger partial charge in [0, 0.05) is 10.1 Å². The van der Waals surface area contributed by atoms with E-state index in [4.69, 9.17) is 5.26 Å². The predicted molar refractivity (Wildman–Crippen MR) is 60.7 cm³/mol. The Labute approximate surface area is 91.1 Å². The Kier molecular flexibility index (Phi) is 2.40. The second kappa shape index (κ2) is 3.54. The maximum absolute atomic E-state index is 8.79. The van der Waals surface area contributed by atoms with Gasteiger partial charge in [-0.3, -0.25) is 0 Å². The van der Waals surface area contributed by atoms with Gasteiger partial charge in [0.05, 0.1) is 17.3 Å². The van der Waals surface area contributed by atoms with Crippen LogP contribution in [-0.2, 0) is 6.42 Å². The summed E-state index contributed by atoms with van der Waals surface area (Å²) in [6.07, 6.45) is 2.26. The molecular formula is C10H9IN2. The molecule has 0 fully saturated rings. The molecule has 1 N–H and O–H groups in total. The Morgan fingerprint density at radius 3 is 3.08 bits per heavy atom. The lowest BCUT2D eigenvalue weighted by atomic mass is 10.0. The van der Waals surface area contributed by atoms with Crippen LogP contribution in [0.25, 0.3) is 0 Å². The van der Waals surface area contributed by atoms with Crippen LogP contribution in [0.15, 0.2) is 12.1 Å². The lowest BCUT2D eigenvalue weighted by Crippen LogP contribution is -2.13. The van der Waals surface area contributed by atoms with Crippen molar-refractivity contribution in [1.29, 1.82) is 5.26 Å². The van der Waals surface area contributed by atoms with Gasteiger partial charge in [0.2, 0.25) is 0 Å². The van der Waals surface area contributed by atoms with E-state index in [1.54, 1.807) is 0 Å². The Morgan fingerprint density at radius 1 is 1.46 bits per heavy atom. The van der Waals surface area contributed by atoms with Crippen LogP contribution in [-0.4, -0.2) is 6.54 Å². The number of nitrogens with zero attached hydrogens (tertiary/aromatic N) is 1. The number of nitrogens with one attached hydrogen (secondary N) is 1. The topological polar surface area (TPSA) is 35.8 Å². The van der Waals surface area contributed by atoms with E-state index in [0.717, 1.165) is 28.5 Å². The zero-order chi connectivity index (χ0) is 9.26. The quantitative estimate of drug-likeness (QED) is 0.743. The summed E-state index contributed by atoms with van der Waals surface area (Å²) in [6.45, 7) is 1.05. The molecule has 0 bridgehead atoms. The van der Waals surface area contributed by atoms with Gasteiger partial charge in [0.15, 0.2) is 0 Å². The summed E-state index contributed by atoms with van der Waals surface area (Å²) >= 11 is 2.28. The molecule has 0 unspecified atom stereocenters. The smallest absolute Gasteiger partial charge is 0.0992 e. The van der Waals surface area contributed by atoms with Crippen molar-refractivity contribution in [2.45, 2.75) is 12.8 Å². The van der Waals surface area contributed by atoms with E-state index in [-0.39, 0.29) is 0 Å². The summed E-state index contributed by atoms with van der Waals surface area (Å²) in [5, 5.41) is 12.2. The van der Waals surface area contributed by atoms with E-state index in [2.05, 4.69) is 34.0 Å². The van der Waals surface area contributed by atoms with Crippen LogP contribution in [0.5, 0.6) is 0 Å². The van der Waals surface area contributed by atoms with Crippen molar-refractivity contribution in [3.63, 3.8) is 0 Å². The molecular weight excluding hydrogens is 275 g/mol. The third-order valence-corrected chi connectivity index (χ3v) is 3.08. The van der Waals surface area contributed by atoms with E-state index >= 15 is 0 Å². The maximum Gasteiger partial charge on any atom is 0.0992 e. The Morgan fingerprint density at radius 2 is 2.31 bits per heavy atom. The molecule has 0 aliphatic carbocycles. The molecule has 1 aromatic carbocycles. The first kappa shape index (κ1) is 8.82. The van der Waals surface area contributed by atoms with E-state index in [1.165, 1.54) is 11.3 Å². The largest absolute Gasteiger partial charge is 0.384 e. The van der Waals surface area contributed by atoms with E-state index < -0.39 is 0 Å². The molecule has 0 aromatic heterocycles. The van der Waals surface area contributed by atoms with E-state index in [0.29, 0.717) is 0 Å². The molecule has 1 aliphatic heterocycles. The highest BCUT2D eigenvalue weighted by Crippen LogP contribution is 2.28. The summed E-state index contributed by atoms with van der Waals surface area (Å²) in [7, 11) is 0. The van der Waals surface area contributed by atoms with Gasteiger partial charge in [0.1, 0.15) is 0 Å². The van der Waals surface area contributed by atoms with Gasteiger partial charge in [-0.05, 0) is 53.1 Å². The van der Waals surface area contributed by atoms with Gasteiger partial charge < -0.3 is 5.32 Å². The van der Waals surface area contributed by atoms with Crippen molar-refractivity contribution in [2.75, 3.05) is 11.9 Å². The Bertz CT molecular complexity index is 379. The molecule has 2 nitrogen and oxygen atoms in total. The van der Waals surface area contributed by atoms with Crippen molar-refractivity contribution in [2.24, 2.45) is 0 Å². The number of fused-ring (bicyclic) bond motifs is 1.